The maximum Gasteiger partial charge on any atom is 0.331 e. The number of aliphatic hydroxyl groups is 1. The molecule has 0 radical (unpaired) electrons. The zero-order chi connectivity index (χ0) is 11.4. The van der Waals surface area contributed by atoms with Crippen LogP contribution in [0.1, 0.15) is 11.8 Å². The van der Waals surface area contributed by atoms with E-state index in [2.05, 4.69) is 0 Å². The van der Waals surface area contributed by atoms with Crippen LogP contribution in [-0.2, 0) is 6.54 Å². The van der Waals surface area contributed by atoms with E-state index in [4.69, 9.17) is 11.1 Å². The first-order valence-corrected chi connectivity index (χ1v) is 4.87. The maximum absolute atomic E-state index is 11.7. The highest BCUT2D eigenvalue weighted by atomic mass is 16.3. The molecule has 0 saturated carbocycles. The van der Waals surface area contributed by atoms with Crippen LogP contribution in [-0.4, -0.2) is 20.1 Å². The van der Waals surface area contributed by atoms with Crippen molar-refractivity contribution in [3.63, 3.8) is 0 Å². The van der Waals surface area contributed by atoms with Crippen molar-refractivity contribution < 1.29 is 5.11 Å². The number of nitrogens with zero attached hydrogens (tertiary/aromatic N) is 2. The van der Waals surface area contributed by atoms with Gasteiger partial charge in [0.2, 0.25) is 0 Å². The summed E-state index contributed by atoms with van der Waals surface area (Å²) < 4.78 is 2.84. The van der Waals surface area contributed by atoms with Gasteiger partial charge in [0.05, 0.1) is 17.6 Å². The van der Waals surface area contributed by atoms with Crippen LogP contribution in [0.15, 0.2) is 23.0 Å². The van der Waals surface area contributed by atoms with Crippen LogP contribution in [0.5, 0.6) is 0 Å². The summed E-state index contributed by atoms with van der Waals surface area (Å²) in [4.78, 5) is 11.7. The molecule has 6 nitrogen and oxygen atoms in total. The van der Waals surface area contributed by atoms with Crippen molar-refractivity contribution in [3.05, 3.63) is 34.2 Å². The van der Waals surface area contributed by atoms with Gasteiger partial charge >= 0.3 is 5.69 Å². The molecule has 0 aliphatic carbocycles. The highest BCUT2D eigenvalue weighted by Crippen LogP contribution is 2.24. The molecule has 1 atom stereocenters. The average Bonchev–Trinajstić information content (AvgIpc) is 2.67. The van der Waals surface area contributed by atoms with Crippen LogP contribution >= 0.6 is 0 Å². The van der Waals surface area contributed by atoms with Gasteiger partial charge in [-0.15, -0.1) is 0 Å². The van der Waals surface area contributed by atoms with Crippen molar-refractivity contribution in [3.8, 4) is 0 Å². The number of aliphatic hydroxyl groups excluding tert-OH is 1. The first-order valence-electron chi connectivity index (χ1n) is 4.87. The Morgan fingerprint density at radius 1 is 1.50 bits per heavy atom. The standard InChI is InChI=1S/C10H10N4O2/c11-9(12)5-1-2-6-7(3-5)14-8(15)4-13(6)10(14)16/h1-3,8,15H,4H2,(H3,11,12). The van der Waals surface area contributed by atoms with Crippen molar-refractivity contribution in [1.82, 2.24) is 9.13 Å². The third kappa shape index (κ3) is 0.938. The number of aromatic nitrogens is 2. The van der Waals surface area contributed by atoms with E-state index in [1.807, 2.05) is 0 Å². The van der Waals surface area contributed by atoms with Crippen LogP contribution in [0.25, 0.3) is 11.0 Å². The smallest absolute Gasteiger partial charge is 0.331 e. The lowest BCUT2D eigenvalue weighted by molar-refractivity contribution is 0.106. The molecule has 1 aromatic heterocycles. The van der Waals surface area contributed by atoms with Crippen molar-refractivity contribution >= 4 is 16.9 Å². The van der Waals surface area contributed by atoms with Crippen LogP contribution in [0.2, 0.25) is 0 Å². The van der Waals surface area contributed by atoms with E-state index < -0.39 is 6.23 Å². The fourth-order valence-corrected chi connectivity index (χ4v) is 2.16. The average molecular weight is 218 g/mol. The zero-order valence-corrected chi connectivity index (χ0v) is 8.34. The lowest BCUT2D eigenvalue weighted by atomic mass is 10.1. The van der Waals surface area contributed by atoms with Crippen molar-refractivity contribution in [1.29, 1.82) is 5.41 Å². The van der Waals surface area contributed by atoms with Gasteiger partial charge in [-0.25, -0.2) is 4.79 Å². The number of benzene rings is 1. The minimum Gasteiger partial charge on any atom is -0.384 e. The third-order valence-corrected chi connectivity index (χ3v) is 2.92. The van der Waals surface area contributed by atoms with Gasteiger partial charge in [0.25, 0.3) is 0 Å². The van der Waals surface area contributed by atoms with Crippen molar-refractivity contribution in [2.24, 2.45) is 5.73 Å². The summed E-state index contributed by atoms with van der Waals surface area (Å²) in [5.74, 6) is -0.0521. The second kappa shape index (κ2) is 2.73. The Bertz CT molecular complexity index is 667. The molecule has 0 fully saturated rings. The molecule has 6 heteroatoms. The van der Waals surface area contributed by atoms with Gasteiger partial charge in [-0.3, -0.25) is 14.5 Å². The first-order chi connectivity index (χ1) is 7.59. The summed E-state index contributed by atoms with van der Waals surface area (Å²) in [6, 6.07) is 5.09. The molecular weight excluding hydrogens is 208 g/mol. The zero-order valence-electron chi connectivity index (χ0n) is 8.34. The second-order valence-electron chi connectivity index (χ2n) is 3.86. The minimum absolute atomic E-state index is 0.0521. The molecule has 0 spiro atoms. The normalized spacial score (nSPS) is 18.2. The Labute approximate surface area is 90.0 Å². The highest BCUT2D eigenvalue weighted by Gasteiger charge is 2.27. The predicted molar refractivity (Wildman–Crippen MR) is 58.5 cm³/mol. The molecule has 82 valence electrons. The quantitative estimate of drug-likeness (QED) is 0.448. The minimum atomic E-state index is -0.804. The van der Waals surface area contributed by atoms with E-state index in [9.17, 15) is 9.90 Å². The van der Waals surface area contributed by atoms with Crippen LogP contribution < -0.4 is 11.4 Å². The summed E-state index contributed by atoms with van der Waals surface area (Å²) in [7, 11) is 0. The summed E-state index contributed by atoms with van der Waals surface area (Å²) in [5.41, 5.74) is 7.09. The molecule has 0 amide bonds. The summed E-state index contributed by atoms with van der Waals surface area (Å²) in [6.45, 7) is 0.297. The Hall–Kier alpha value is -2.08. The van der Waals surface area contributed by atoms with Gasteiger partial charge in [0, 0.05) is 5.56 Å². The molecular formula is C10H10N4O2. The number of imidazole rings is 1. The highest BCUT2D eigenvalue weighted by molar-refractivity contribution is 5.98. The van der Waals surface area contributed by atoms with Gasteiger partial charge in [-0.05, 0) is 18.2 Å². The molecule has 4 N–H and O–H groups in total. The van der Waals surface area contributed by atoms with E-state index in [0.29, 0.717) is 17.6 Å². The van der Waals surface area contributed by atoms with Gasteiger partial charge < -0.3 is 10.8 Å². The number of hydrogen-bond donors (Lipinski definition) is 3. The molecule has 16 heavy (non-hydrogen) atoms. The fraction of sp³-hybridized carbons (Fsp3) is 0.200. The van der Waals surface area contributed by atoms with Crippen LogP contribution in [0.3, 0.4) is 0 Å². The van der Waals surface area contributed by atoms with Gasteiger partial charge in [-0.2, -0.15) is 0 Å². The lowest BCUT2D eigenvalue weighted by Crippen LogP contribution is -2.15. The molecule has 2 aromatic rings. The molecule has 3 rings (SSSR count). The Balaban J connectivity index is 2.41. The molecule has 1 aliphatic heterocycles. The molecule has 1 aromatic carbocycles. The van der Waals surface area contributed by atoms with Crippen LogP contribution in [0, 0.1) is 5.41 Å². The number of amidine groups is 1. The largest absolute Gasteiger partial charge is 0.384 e. The lowest BCUT2D eigenvalue weighted by Gasteiger charge is -2.12. The molecule has 1 aliphatic rings. The molecule has 2 bridgehead atoms. The number of rotatable bonds is 1. The molecule has 0 saturated heterocycles. The topological polar surface area (TPSA) is 97.0 Å². The number of nitrogens with two attached hydrogens (primary N) is 1. The van der Waals surface area contributed by atoms with E-state index >= 15 is 0 Å². The Kier molecular flexibility index (Phi) is 1.57. The number of nitrogens with one attached hydrogen (secondary N) is 1. The monoisotopic (exact) mass is 218 g/mol. The van der Waals surface area contributed by atoms with Crippen LogP contribution in [0.4, 0.5) is 0 Å². The van der Waals surface area contributed by atoms with E-state index in [0.717, 1.165) is 5.52 Å². The Morgan fingerprint density at radius 3 is 2.94 bits per heavy atom. The third-order valence-electron chi connectivity index (χ3n) is 2.92. The van der Waals surface area contributed by atoms with E-state index in [1.54, 1.807) is 18.2 Å². The Morgan fingerprint density at radius 2 is 2.25 bits per heavy atom. The second-order valence-corrected chi connectivity index (χ2v) is 3.86. The summed E-state index contributed by atoms with van der Waals surface area (Å²) in [6.07, 6.45) is -0.804. The van der Waals surface area contributed by atoms with E-state index in [1.165, 1.54) is 9.13 Å². The van der Waals surface area contributed by atoms with Gasteiger partial charge in [0.1, 0.15) is 5.84 Å². The van der Waals surface area contributed by atoms with Crippen molar-refractivity contribution in [2.45, 2.75) is 12.8 Å². The number of hydrogen-bond acceptors (Lipinski definition) is 3. The molecule has 2 heterocycles. The maximum atomic E-state index is 11.7. The molecule has 1 unspecified atom stereocenters. The SMILES string of the molecule is N=C(N)c1ccc2c(c1)n1c(=O)n2CC1O. The van der Waals surface area contributed by atoms with Crippen molar-refractivity contribution in [2.75, 3.05) is 0 Å². The van der Waals surface area contributed by atoms with Gasteiger partial charge in [-0.1, -0.05) is 0 Å². The fourth-order valence-electron chi connectivity index (χ4n) is 2.16. The summed E-state index contributed by atoms with van der Waals surface area (Å²) >= 11 is 0. The van der Waals surface area contributed by atoms with Gasteiger partial charge in [0.15, 0.2) is 6.23 Å². The van der Waals surface area contributed by atoms with E-state index in [-0.39, 0.29) is 11.5 Å². The summed E-state index contributed by atoms with van der Waals surface area (Å²) in [5, 5.41) is 17.0. The first kappa shape index (κ1) is 9.17. The predicted octanol–water partition coefficient (Wildman–Crippen LogP) is -0.408. The number of fused-ring (bicyclic) bond motifs is 5. The number of nitrogen functional groups attached to an aromatic ring is 1.